The molecule has 2 aromatic heterocycles. The molecule has 0 amide bonds. The van der Waals surface area contributed by atoms with Crippen molar-refractivity contribution in [3.63, 3.8) is 0 Å². The van der Waals surface area contributed by atoms with E-state index in [0.29, 0.717) is 5.84 Å². The number of benzene rings is 1. The number of nitrogens with two attached hydrogens (primary N) is 1. The molecule has 0 aliphatic heterocycles. The fraction of sp³-hybridized carbons (Fsp3) is 0.235. The second kappa shape index (κ2) is 6.77. The molecule has 3 aromatic rings. The molecule has 1 aromatic carbocycles. The van der Waals surface area contributed by atoms with Crippen molar-refractivity contribution in [2.75, 3.05) is 11.9 Å². The van der Waals surface area contributed by atoms with Crippen molar-refractivity contribution in [3.8, 4) is 0 Å². The second-order valence-electron chi connectivity index (χ2n) is 5.26. The molecule has 4 nitrogen and oxygen atoms in total. The van der Waals surface area contributed by atoms with Crippen molar-refractivity contribution in [2.45, 2.75) is 19.4 Å². The van der Waals surface area contributed by atoms with E-state index >= 15 is 0 Å². The lowest BCUT2D eigenvalue weighted by molar-refractivity contribution is 0.630. The van der Waals surface area contributed by atoms with Crippen LogP contribution in [0, 0.1) is 5.41 Å². The molecule has 0 bridgehead atoms. The van der Waals surface area contributed by atoms with E-state index in [-0.39, 0.29) is 0 Å². The predicted molar refractivity (Wildman–Crippen MR) is 95.0 cm³/mol. The molecule has 5 heteroatoms. The van der Waals surface area contributed by atoms with E-state index in [9.17, 15) is 0 Å². The number of hydrogen-bond acceptors (Lipinski definition) is 3. The lowest BCUT2D eigenvalue weighted by Crippen LogP contribution is -2.10. The average molecular weight is 312 g/mol. The first-order valence-electron chi connectivity index (χ1n) is 7.46. The highest BCUT2D eigenvalue weighted by Gasteiger charge is 2.06. The quantitative estimate of drug-likeness (QED) is 0.367. The van der Waals surface area contributed by atoms with Crippen molar-refractivity contribution >= 4 is 33.8 Å². The van der Waals surface area contributed by atoms with Crippen LogP contribution in [0.4, 0.5) is 5.69 Å². The fourth-order valence-corrected chi connectivity index (χ4v) is 3.14. The molecule has 2 heterocycles. The van der Waals surface area contributed by atoms with Crippen molar-refractivity contribution in [1.82, 2.24) is 4.57 Å². The summed E-state index contributed by atoms with van der Waals surface area (Å²) in [6.07, 6.45) is 4.25. The number of fused-ring (bicyclic) bond motifs is 1. The number of unbranched alkanes of at least 4 members (excludes halogenated alkanes) is 1. The van der Waals surface area contributed by atoms with Crippen molar-refractivity contribution in [2.24, 2.45) is 5.73 Å². The lowest BCUT2D eigenvalue weighted by atomic mass is 10.2. The number of rotatable bonds is 6. The molecule has 0 fully saturated rings. The molecule has 0 saturated heterocycles. The van der Waals surface area contributed by atoms with Crippen LogP contribution in [0.25, 0.3) is 10.9 Å². The molecule has 0 saturated carbocycles. The van der Waals surface area contributed by atoms with Crippen LogP contribution in [0.1, 0.15) is 17.7 Å². The summed E-state index contributed by atoms with van der Waals surface area (Å²) in [6, 6.07) is 12.3. The summed E-state index contributed by atoms with van der Waals surface area (Å²) >= 11 is 1.57. The zero-order valence-corrected chi connectivity index (χ0v) is 13.2. The van der Waals surface area contributed by atoms with Gasteiger partial charge in [-0.05, 0) is 54.4 Å². The van der Waals surface area contributed by atoms with Gasteiger partial charge in [0, 0.05) is 18.4 Å². The number of nitrogens with one attached hydrogen (secondary N) is 2. The van der Waals surface area contributed by atoms with E-state index in [4.69, 9.17) is 11.1 Å². The zero-order valence-electron chi connectivity index (χ0n) is 12.4. The number of thiophene rings is 1. The summed E-state index contributed by atoms with van der Waals surface area (Å²) in [6.45, 7) is 1.72. The first-order chi connectivity index (χ1) is 10.8. The van der Waals surface area contributed by atoms with Crippen LogP contribution in [-0.4, -0.2) is 16.9 Å². The van der Waals surface area contributed by atoms with Gasteiger partial charge < -0.3 is 15.6 Å². The van der Waals surface area contributed by atoms with Gasteiger partial charge in [-0.1, -0.05) is 12.1 Å². The zero-order chi connectivity index (χ0) is 15.4. The SMILES string of the molecule is N=C(Nc1ccc2ccn(CCCCN)c2c1)c1cccs1. The topological polar surface area (TPSA) is 66.8 Å². The van der Waals surface area contributed by atoms with Gasteiger partial charge in [0.2, 0.25) is 0 Å². The van der Waals surface area contributed by atoms with Crippen molar-refractivity contribution < 1.29 is 0 Å². The number of hydrogen-bond donors (Lipinski definition) is 3. The monoisotopic (exact) mass is 312 g/mol. The largest absolute Gasteiger partial charge is 0.347 e. The van der Waals surface area contributed by atoms with E-state index in [1.54, 1.807) is 11.3 Å². The molecule has 22 heavy (non-hydrogen) atoms. The first-order valence-corrected chi connectivity index (χ1v) is 8.34. The van der Waals surface area contributed by atoms with E-state index < -0.39 is 0 Å². The normalized spacial score (nSPS) is 11.0. The molecule has 0 atom stereocenters. The van der Waals surface area contributed by atoms with E-state index in [1.165, 1.54) is 10.9 Å². The van der Waals surface area contributed by atoms with Crippen LogP contribution in [0.5, 0.6) is 0 Å². The average Bonchev–Trinajstić information content (AvgIpc) is 3.17. The Morgan fingerprint density at radius 2 is 2.14 bits per heavy atom. The van der Waals surface area contributed by atoms with Gasteiger partial charge in [0.05, 0.1) is 10.4 Å². The minimum atomic E-state index is 0.440. The van der Waals surface area contributed by atoms with Crippen LogP contribution in [-0.2, 0) is 6.54 Å². The molecule has 4 N–H and O–H groups in total. The number of nitrogens with zero attached hydrogens (tertiary/aromatic N) is 1. The molecular formula is C17H20N4S. The summed E-state index contributed by atoms with van der Waals surface area (Å²) in [7, 11) is 0. The second-order valence-corrected chi connectivity index (χ2v) is 6.20. The highest BCUT2D eigenvalue weighted by Crippen LogP contribution is 2.22. The van der Waals surface area contributed by atoms with Gasteiger partial charge in [-0.25, -0.2) is 0 Å². The Labute approximate surface area is 134 Å². The minimum Gasteiger partial charge on any atom is -0.347 e. The summed E-state index contributed by atoms with van der Waals surface area (Å²) < 4.78 is 2.25. The van der Waals surface area contributed by atoms with Gasteiger partial charge in [-0.2, -0.15) is 0 Å². The minimum absolute atomic E-state index is 0.440. The summed E-state index contributed by atoms with van der Waals surface area (Å²) in [5, 5.41) is 14.5. The van der Waals surface area contributed by atoms with Gasteiger partial charge >= 0.3 is 0 Å². The van der Waals surface area contributed by atoms with Gasteiger partial charge in [0.25, 0.3) is 0 Å². The summed E-state index contributed by atoms with van der Waals surface area (Å²) in [5.74, 6) is 0.440. The Balaban J connectivity index is 1.79. The first kappa shape index (κ1) is 14.8. The highest BCUT2D eigenvalue weighted by atomic mass is 32.1. The Kier molecular flexibility index (Phi) is 4.56. The lowest BCUT2D eigenvalue weighted by Gasteiger charge is -2.09. The van der Waals surface area contributed by atoms with Crippen LogP contribution in [0.3, 0.4) is 0 Å². The number of aryl methyl sites for hydroxylation is 1. The van der Waals surface area contributed by atoms with E-state index in [2.05, 4.69) is 34.3 Å². The third-order valence-electron chi connectivity index (χ3n) is 3.66. The predicted octanol–water partition coefficient (Wildman–Crippen LogP) is 3.88. The van der Waals surface area contributed by atoms with E-state index in [1.807, 2.05) is 23.6 Å². The third kappa shape index (κ3) is 3.21. The maximum absolute atomic E-state index is 8.12. The van der Waals surface area contributed by atoms with Gasteiger partial charge in [-0.15, -0.1) is 11.3 Å². The Bertz CT molecular complexity index is 758. The molecule has 0 aliphatic carbocycles. The highest BCUT2D eigenvalue weighted by molar-refractivity contribution is 7.12. The summed E-state index contributed by atoms with van der Waals surface area (Å²) in [4.78, 5) is 0.943. The van der Waals surface area contributed by atoms with Crippen molar-refractivity contribution in [3.05, 3.63) is 52.9 Å². The Hall–Kier alpha value is -2.11. The van der Waals surface area contributed by atoms with Crippen LogP contribution < -0.4 is 11.1 Å². The molecule has 0 aliphatic rings. The molecule has 3 rings (SSSR count). The Morgan fingerprint density at radius 1 is 1.23 bits per heavy atom. The standard InChI is InChI=1S/C17H20N4S/c18-8-1-2-9-21-10-7-13-5-6-14(12-15(13)21)20-17(19)16-4-3-11-22-16/h3-7,10-12H,1-2,8-9,18H2,(H2,19,20). The Morgan fingerprint density at radius 3 is 2.91 bits per heavy atom. The molecule has 0 unspecified atom stereocenters. The number of aromatic nitrogens is 1. The van der Waals surface area contributed by atoms with Crippen LogP contribution in [0.15, 0.2) is 48.0 Å². The van der Waals surface area contributed by atoms with Crippen molar-refractivity contribution in [1.29, 1.82) is 5.41 Å². The molecule has 0 radical (unpaired) electrons. The molecule has 0 spiro atoms. The van der Waals surface area contributed by atoms with Gasteiger partial charge in [0.1, 0.15) is 5.84 Å². The summed E-state index contributed by atoms with van der Waals surface area (Å²) in [5.41, 5.74) is 7.71. The molecular weight excluding hydrogens is 292 g/mol. The molecule has 114 valence electrons. The van der Waals surface area contributed by atoms with Crippen LogP contribution >= 0.6 is 11.3 Å². The van der Waals surface area contributed by atoms with E-state index in [0.717, 1.165) is 36.5 Å². The number of amidine groups is 1. The van der Waals surface area contributed by atoms with Crippen LogP contribution in [0.2, 0.25) is 0 Å². The fourth-order valence-electron chi connectivity index (χ4n) is 2.51. The maximum atomic E-state index is 8.12. The number of anilines is 1. The van der Waals surface area contributed by atoms with Gasteiger partial charge in [0.15, 0.2) is 0 Å². The third-order valence-corrected chi connectivity index (χ3v) is 4.55. The van der Waals surface area contributed by atoms with Gasteiger partial charge in [-0.3, -0.25) is 5.41 Å². The smallest absolute Gasteiger partial charge is 0.140 e. The maximum Gasteiger partial charge on any atom is 0.140 e.